The van der Waals surface area contributed by atoms with Crippen molar-refractivity contribution in [1.29, 1.82) is 5.26 Å². The monoisotopic (exact) mass is 452 g/mol. The van der Waals surface area contributed by atoms with E-state index in [4.69, 9.17) is 0 Å². The summed E-state index contributed by atoms with van der Waals surface area (Å²) in [5, 5.41) is 11.5. The van der Waals surface area contributed by atoms with Crippen LogP contribution in [0.3, 0.4) is 0 Å². The van der Waals surface area contributed by atoms with E-state index in [1.54, 1.807) is 4.57 Å². The first-order valence-corrected chi connectivity index (χ1v) is 11.0. The molecule has 1 heterocycles. The first-order valence-electron chi connectivity index (χ1n) is 11.0. The molecule has 1 aromatic heterocycles. The molecule has 5 aromatic rings. The predicted molar refractivity (Wildman–Crippen MR) is 128 cm³/mol. The Morgan fingerprint density at radius 2 is 1.50 bits per heavy atom. The van der Waals surface area contributed by atoms with Crippen molar-refractivity contribution >= 4 is 21.8 Å². The van der Waals surface area contributed by atoms with E-state index in [0.29, 0.717) is 11.0 Å². The van der Waals surface area contributed by atoms with E-state index < -0.39 is 11.7 Å². The van der Waals surface area contributed by atoms with Crippen molar-refractivity contribution in [3.05, 3.63) is 101 Å². The van der Waals surface area contributed by atoms with E-state index in [1.807, 2.05) is 48.5 Å². The molecule has 0 atom stereocenters. The van der Waals surface area contributed by atoms with E-state index in [-0.39, 0.29) is 16.7 Å². The summed E-state index contributed by atoms with van der Waals surface area (Å²) in [6, 6.07) is 25.5. The van der Waals surface area contributed by atoms with Crippen LogP contribution in [0.15, 0.2) is 78.9 Å². The van der Waals surface area contributed by atoms with Gasteiger partial charge in [0.2, 0.25) is 0 Å². The highest BCUT2D eigenvalue weighted by atomic mass is 19.4. The second-order valence-corrected chi connectivity index (χ2v) is 9.25. The minimum atomic E-state index is -4.61. The van der Waals surface area contributed by atoms with Crippen molar-refractivity contribution in [2.24, 2.45) is 0 Å². The molecule has 0 saturated heterocycles. The Kier molecular flexibility index (Phi) is 4.08. The van der Waals surface area contributed by atoms with Crippen LogP contribution in [0.5, 0.6) is 0 Å². The number of nitrogens with zero attached hydrogens (tertiary/aromatic N) is 2. The van der Waals surface area contributed by atoms with Crippen LogP contribution in [-0.2, 0) is 11.6 Å². The van der Waals surface area contributed by atoms with E-state index in [0.717, 1.165) is 33.5 Å². The van der Waals surface area contributed by atoms with Crippen LogP contribution >= 0.6 is 0 Å². The Balaban J connectivity index is 1.81. The van der Waals surface area contributed by atoms with Gasteiger partial charge in [0.05, 0.1) is 27.8 Å². The molecule has 6 rings (SSSR count). The summed E-state index contributed by atoms with van der Waals surface area (Å²) in [5.41, 5.74) is 4.54. The topological polar surface area (TPSA) is 28.7 Å². The van der Waals surface area contributed by atoms with Crippen LogP contribution in [0.25, 0.3) is 38.6 Å². The maximum atomic E-state index is 14.2. The maximum absolute atomic E-state index is 14.2. The van der Waals surface area contributed by atoms with Crippen LogP contribution < -0.4 is 0 Å². The van der Waals surface area contributed by atoms with Crippen molar-refractivity contribution in [2.75, 3.05) is 0 Å². The largest absolute Gasteiger partial charge is 0.418 e. The molecule has 5 heteroatoms. The van der Waals surface area contributed by atoms with Gasteiger partial charge in [-0.3, -0.25) is 0 Å². The van der Waals surface area contributed by atoms with Gasteiger partial charge >= 0.3 is 6.18 Å². The third-order valence-electron chi connectivity index (χ3n) is 7.06. The molecule has 0 saturated carbocycles. The molecule has 0 spiro atoms. The minimum absolute atomic E-state index is 0.0134. The van der Waals surface area contributed by atoms with Gasteiger partial charge in [0.25, 0.3) is 0 Å². The molecular formula is C29H19F3N2. The highest BCUT2D eigenvalue weighted by molar-refractivity contribution is 6.11. The quantitative estimate of drug-likeness (QED) is 0.253. The number of halogens is 3. The fourth-order valence-corrected chi connectivity index (χ4v) is 5.51. The number of rotatable bonds is 1. The molecule has 0 radical (unpaired) electrons. The summed E-state index contributed by atoms with van der Waals surface area (Å²) >= 11 is 0. The van der Waals surface area contributed by atoms with E-state index in [9.17, 15) is 18.4 Å². The van der Waals surface area contributed by atoms with Crippen molar-refractivity contribution in [3.8, 4) is 22.9 Å². The SMILES string of the molecule is CC1(C)c2ccccc2-c2cc3c4ccccc4n(-c4c(C#N)cccc4C(F)(F)F)c3cc21. The number of hydrogen-bond donors (Lipinski definition) is 0. The molecule has 166 valence electrons. The number of para-hydroxylation sites is 2. The minimum Gasteiger partial charge on any atom is -0.307 e. The van der Waals surface area contributed by atoms with E-state index in [1.165, 1.54) is 17.7 Å². The standard InChI is InChI=1S/C29H19F3N2/c1-28(2)22-11-5-3-9-18(22)20-14-21-19-10-4-6-13-25(19)34(26(21)15-24(20)28)27-17(16-33)8-7-12-23(27)29(30,31)32/h3-15H,1-2H3. The van der Waals surface area contributed by atoms with E-state index in [2.05, 4.69) is 32.0 Å². The number of aromatic nitrogens is 1. The molecule has 34 heavy (non-hydrogen) atoms. The Morgan fingerprint density at radius 3 is 2.26 bits per heavy atom. The molecule has 0 N–H and O–H groups in total. The van der Waals surface area contributed by atoms with Gasteiger partial charge in [0.15, 0.2) is 0 Å². The third kappa shape index (κ3) is 2.63. The van der Waals surface area contributed by atoms with Crippen LogP contribution in [-0.4, -0.2) is 4.57 Å². The Labute approximate surface area is 194 Å². The lowest BCUT2D eigenvalue weighted by molar-refractivity contribution is -0.137. The fourth-order valence-electron chi connectivity index (χ4n) is 5.51. The normalized spacial score (nSPS) is 14.2. The van der Waals surface area contributed by atoms with Gasteiger partial charge < -0.3 is 4.57 Å². The first-order chi connectivity index (χ1) is 16.2. The van der Waals surface area contributed by atoms with Gasteiger partial charge in [-0.15, -0.1) is 0 Å². The highest BCUT2D eigenvalue weighted by Crippen LogP contribution is 2.51. The highest BCUT2D eigenvalue weighted by Gasteiger charge is 2.38. The average molecular weight is 452 g/mol. The molecule has 2 nitrogen and oxygen atoms in total. The molecule has 4 aromatic carbocycles. The van der Waals surface area contributed by atoms with Gasteiger partial charge in [0, 0.05) is 16.2 Å². The number of hydrogen-bond acceptors (Lipinski definition) is 1. The number of nitriles is 1. The lowest BCUT2D eigenvalue weighted by Crippen LogP contribution is -2.15. The first kappa shape index (κ1) is 20.6. The predicted octanol–water partition coefficient (Wildman–Crippen LogP) is 7.98. The molecular weight excluding hydrogens is 433 g/mol. The van der Waals surface area contributed by atoms with Gasteiger partial charge in [-0.1, -0.05) is 62.4 Å². The summed E-state index contributed by atoms with van der Waals surface area (Å²) in [7, 11) is 0. The molecule has 0 fully saturated rings. The smallest absolute Gasteiger partial charge is 0.307 e. The molecule has 0 bridgehead atoms. The van der Waals surface area contributed by atoms with E-state index >= 15 is 0 Å². The van der Waals surface area contributed by atoms with Crippen LogP contribution in [0, 0.1) is 11.3 Å². The Bertz CT molecular complexity index is 1680. The van der Waals surface area contributed by atoms with Gasteiger partial charge in [0.1, 0.15) is 6.07 Å². The molecule has 1 aliphatic carbocycles. The van der Waals surface area contributed by atoms with Crippen molar-refractivity contribution < 1.29 is 13.2 Å². The lowest BCUT2D eigenvalue weighted by atomic mass is 9.82. The summed E-state index contributed by atoms with van der Waals surface area (Å²) in [5.74, 6) is 0. The Morgan fingerprint density at radius 1 is 0.765 bits per heavy atom. The second kappa shape index (κ2) is 6.74. The fraction of sp³-hybridized carbons (Fsp3) is 0.138. The average Bonchev–Trinajstić information content (AvgIpc) is 3.26. The van der Waals surface area contributed by atoms with Gasteiger partial charge in [-0.05, 0) is 52.6 Å². The van der Waals surface area contributed by atoms with Crippen LogP contribution in [0.2, 0.25) is 0 Å². The molecule has 0 unspecified atom stereocenters. The number of fused-ring (bicyclic) bond motifs is 6. The molecule has 0 amide bonds. The zero-order valence-electron chi connectivity index (χ0n) is 18.5. The van der Waals surface area contributed by atoms with Crippen molar-refractivity contribution in [3.63, 3.8) is 0 Å². The summed E-state index contributed by atoms with van der Waals surface area (Å²) in [6.07, 6.45) is -4.61. The maximum Gasteiger partial charge on any atom is 0.418 e. The molecule has 0 aliphatic heterocycles. The lowest BCUT2D eigenvalue weighted by Gasteiger charge is -2.22. The summed E-state index contributed by atoms with van der Waals surface area (Å²) < 4.78 is 44.1. The third-order valence-corrected chi connectivity index (χ3v) is 7.06. The zero-order chi connectivity index (χ0) is 23.8. The molecule has 1 aliphatic rings. The zero-order valence-corrected chi connectivity index (χ0v) is 18.5. The number of alkyl halides is 3. The van der Waals surface area contributed by atoms with Crippen molar-refractivity contribution in [2.45, 2.75) is 25.4 Å². The van der Waals surface area contributed by atoms with Crippen molar-refractivity contribution in [1.82, 2.24) is 4.57 Å². The Hall–Kier alpha value is -4.04. The van der Waals surface area contributed by atoms with Crippen LogP contribution in [0.4, 0.5) is 13.2 Å². The van der Waals surface area contributed by atoms with Gasteiger partial charge in [-0.2, -0.15) is 18.4 Å². The summed E-state index contributed by atoms with van der Waals surface area (Å²) in [4.78, 5) is 0. The summed E-state index contributed by atoms with van der Waals surface area (Å²) in [6.45, 7) is 4.28. The number of benzene rings is 4. The second-order valence-electron chi connectivity index (χ2n) is 9.25. The van der Waals surface area contributed by atoms with Gasteiger partial charge in [-0.25, -0.2) is 0 Å². The van der Waals surface area contributed by atoms with Crippen LogP contribution in [0.1, 0.15) is 36.1 Å².